The third-order valence-corrected chi connectivity index (χ3v) is 5.28. The summed E-state index contributed by atoms with van der Waals surface area (Å²) in [7, 11) is 0. The molecular formula is C24H25NO2. The van der Waals surface area contributed by atoms with E-state index >= 15 is 0 Å². The van der Waals surface area contributed by atoms with Crippen LogP contribution in [-0.4, -0.2) is 12.0 Å². The minimum absolute atomic E-state index is 0.106. The maximum Gasteiger partial charge on any atom is 0.265 e. The molecule has 1 N–H and O–H groups in total. The molecule has 3 aromatic carbocycles. The van der Waals surface area contributed by atoms with Crippen LogP contribution in [0.15, 0.2) is 60.7 Å². The van der Waals surface area contributed by atoms with Gasteiger partial charge in [-0.05, 0) is 78.3 Å². The van der Waals surface area contributed by atoms with Crippen molar-refractivity contribution in [2.24, 2.45) is 0 Å². The Morgan fingerprint density at radius 1 is 0.963 bits per heavy atom. The quantitative estimate of drug-likeness (QED) is 0.652. The van der Waals surface area contributed by atoms with Crippen LogP contribution in [0.4, 0.5) is 5.69 Å². The Labute approximate surface area is 160 Å². The number of nitrogens with one attached hydrogen (secondary N) is 1. The van der Waals surface area contributed by atoms with Crippen LogP contribution in [0.5, 0.6) is 5.75 Å². The molecule has 3 nitrogen and oxygen atoms in total. The van der Waals surface area contributed by atoms with Gasteiger partial charge in [0.1, 0.15) is 5.75 Å². The molecule has 138 valence electrons. The Balaban J connectivity index is 1.47. The molecule has 0 spiro atoms. The zero-order valence-corrected chi connectivity index (χ0v) is 15.7. The lowest BCUT2D eigenvalue weighted by atomic mass is 9.92. The maximum absolute atomic E-state index is 12.7. The first-order valence-electron chi connectivity index (χ1n) is 9.81. The molecule has 0 aromatic heterocycles. The highest BCUT2D eigenvalue weighted by Gasteiger charge is 2.19. The van der Waals surface area contributed by atoms with Gasteiger partial charge in [-0.2, -0.15) is 0 Å². The van der Waals surface area contributed by atoms with Crippen LogP contribution in [-0.2, 0) is 17.6 Å². The minimum atomic E-state index is -0.502. The maximum atomic E-state index is 12.7. The smallest absolute Gasteiger partial charge is 0.265 e. The molecule has 0 saturated carbocycles. The second-order valence-corrected chi connectivity index (χ2v) is 7.20. The van der Waals surface area contributed by atoms with E-state index in [0.29, 0.717) is 6.42 Å². The molecule has 1 aliphatic carbocycles. The first-order valence-corrected chi connectivity index (χ1v) is 9.81. The lowest BCUT2D eigenvalue weighted by Crippen LogP contribution is -2.32. The number of aryl methyl sites for hydroxylation is 2. The van der Waals surface area contributed by atoms with Crippen molar-refractivity contribution in [2.75, 3.05) is 5.32 Å². The first-order chi connectivity index (χ1) is 13.2. The lowest BCUT2D eigenvalue weighted by molar-refractivity contribution is -0.122. The fourth-order valence-corrected chi connectivity index (χ4v) is 3.76. The van der Waals surface area contributed by atoms with Crippen LogP contribution in [0.3, 0.4) is 0 Å². The molecule has 0 heterocycles. The fraction of sp³-hybridized carbons (Fsp3) is 0.292. The topological polar surface area (TPSA) is 38.3 Å². The number of carbonyl (C=O) groups is 1. The largest absolute Gasteiger partial charge is 0.481 e. The molecule has 3 aromatic rings. The van der Waals surface area contributed by atoms with E-state index in [1.54, 1.807) is 0 Å². The summed E-state index contributed by atoms with van der Waals surface area (Å²) in [5.74, 6) is 0.682. The van der Waals surface area contributed by atoms with E-state index in [9.17, 15) is 4.79 Å². The number of rotatable bonds is 5. The molecule has 27 heavy (non-hydrogen) atoms. The van der Waals surface area contributed by atoms with Crippen LogP contribution < -0.4 is 10.1 Å². The second kappa shape index (κ2) is 7.83. The van der Waals surface area contributed by atoms with Crippen molar-refractivity contribution in [1.82, 2.24) is 0 Å². The summed E-state index contributed by atoms with van der Waals surface area (Å²) in [5.41, 5.74) is 3.58. The molecule has 0 bridgehead atoms. The number of ether oxygens (including phenoxy) is 1. The summed E-state index contributed by atoms with van der Waals surface area (Å²) < 4.78 is 6.04. The third-order valence-electron chi connectivity index (χ3n) is 5.28. The normalized spacial score (nSPS) is 14.4. The Morgan fingerprint density at radius 2 is 1.74 bits per heavy atom. The molecule has 0 saturated heterocycles. The Morgan fingerprint density at radius 3 is 2.56 bits per heavy atom. The van der Waals surface area contributed by atoms with Crippen molar-refractivity contribution in [1.29, 1.82) is 0 Å². The van der Waals surface area contributed by atoms with Crippen molar-refractivity contribution < 1.29 is 9.53 Å². The summed E-state index contributed by atoms with van der Waals surface area (Å²) >= 11 is 0. The van der Waals surface area contributed by atoms with Crippen LogP contribution in [0.25, 0.3) is 10.8 Å². The van der Waals surface area contributed by atoms with Gasteiger partial charge in [-0.25, -0.2) is 0 Å². The van der Waals surface area contributed by atoms with E-state index in [2.05, 4.69) is 23.5 Å². The van der Waals surface area contributed by atoms with E-state index < -0.39 is 6.10 Å². The zero-order chi connectivity index (χ0) is 18.6. The van der Waals surface area contributed by atoms with E-state index in [1.807, 2.05) is 49.4 Å². The van der Waals surface area contributed by atoms with E-state index in [0.717, 1.165) is 35.1 Å². The van der Waals surface area contributed by atoms with Crippen LogP contribution in [0.2, 0.25) is 0 Å². The molecule has 0 radical (unpaired) electrons. The van der Waals surface area contributed by atoms with Gasteiger partial charge in [-0.1, -0.05) is 43.3 Å². The van der Waals surface area contributed by atoms with Crippen LogP contribution in [0.1, 0.15) is 37.3 Å². The van der Waals surface area contributed by atoms with Gasteiger partial charge in [-0.15, -0.1) is 0 Å². The van der Waals surface area contributed by atoms with E-state index in [1.165, 1.54) is 24.0 Å². The highest BCUT2D eigenvalue weighted by Crippen LogP contribution is 2.26. The highest BCUT2D eigenvalue weighted by atomic mass is 16.5. The highest BCUT2D eigenvalue weighted by molar-refractivity contribution is 5.96. The van der Waals surface area contributed by atoms with Gasteiger partial charge >= 0.3 is 0 Å². The molecule has 1 aliphatic rings. The van der Waals surface area contributed by atoms with Crippen molar-refractivity contribution in [3.63, 3.8) is 0 Å². The van der Waals surface area contributed by atoms with Crippen LogP contribution in [0, 0.1) is 0 Å². The minimum Gasteiger partial charge on any atom is -0.481 e. The third kappa shape index (κ3) is 3.97. The average Bonchev–Trinajstić information content (AvgIpc) is 2.71. The molecule has 1 atom stereocenters. The summed E-state index contributed by atoms with van der Waals surface area (Å²) in [4.78, 5) is 12.7. The predicted octanol–water partition coefficient (Wildman–Crippen LogP) is 5.51. The standard InChI is InChI=1S/C24H25NO2/c1-2-23(27-22-14-12-18-8-4-6-10-20(18)16-22)24(26)25-21-13-11-17-7-3-5-9-19(17)15-21/h3,5,7,9,11-16,23H,2,4,6,8,10H2,1H3,(H,25,26)/t23-/m0/s1. The van der Waals surface area contributed by atoms with Gasteiger partial charge < -0.3 is 10.1 Å². The van der Waals surface area contributed by atoms with Crippen LogP contribution >= 0.6 is 0 Å². The number of carbonyl (C=O) groups excluding carboxylic acids is 1. The van der Waals surface area contributed by atoms with Gasteiger partial charge in [0, 0.05) is 5.69 Å². The number of hydrogen-bond donors (Lipinski definition) is 1. The van der Waals surface area contributed by atoms with Gasteiger partial charge in [0.15, 0.2) is 6.10 Å². The average molecular weight is 359 g/mol. The van der Waals surface area contributed by atoms with E-state index in [4.69, 9.17) is 4.74 Å². The molecule has 0 aliphatic heterocycles. The van der Waals surface area contributed by atoms with Gasteiger partial charge in [0.2, 0.25) is 0 Å². The van der Waals surface area contributed by atoms with E-state index in [-0.39, 0.29) is 5.91 Å². The van der Waals surface area contributed by atoms with Gasteiger partial charge in [0.05, 0.1) is 0 Å². The Kier molecular flexibility index (Phi) is 5.10. The van der Waals surface area contributed by atoms with Gasteiger partial charge in [-0.3, -0.25) is 4.79 Å². The molecular weight excluding hydrogens is 334 g/mol. The Hall–Kier alpha value is -2.81. The van der Waals surface area contributed by atoms with Crippen molar-refractivity contribution >= 4 is 22.4 Å². The molecule has 3 heteroatoms. The summed E-state index contributed by atoms with van der Waals surface area (Å²) in [6.07, 6.45) is 4.87. The number of amides is 1. The first kappa shape index (κ1) is 17.6. The Bertz CT molecular complexity index is 964. The van der Waals surface area contributed by atoms with Crippen molar-refractivity contribution in [3.05, 3.63) is 71.8 Å². The van der Waals surface area contributed by atoms with Crippen molar-refractivity contribution in [3.8, 4) is 5.75 Å². The fourth-order valence-electron chi connectivity index (χ4n) is 3.76. The predicted molar refractivity (Wildman–Crippen MR) is 110 cm³/mol. The van der Waals surface area contributed by atoms with Gasteiger partial charge in [0.25, 0.3) is 5.91 Å². The van der Waals surface area contributed by atoms with Crippen molar-refractivity contribution in [2.45, 2.75) is 45.1 Å². The number of hydrogen-bond acceptors (Lipinski definition) is 2. The second-order valence-electron chi connectivity index (χ2n) is 7.20. The monoisotopic (exact) mass is 359 g/mol. The molecule has 0 unspecified atom stereocenters. The summed E-state index contributed by atoms with van der Waals surface area (Å²) in [6, 6.07) is 20.3. The summed E-state index contributed by atoms with van der Waals surface area (Å²) in [6.45, 7) is 1.98. The molecule has 1 amide bonds. The molecule has 4 rings (SSSR count). The summed E-state index contributed by atoms with van der Waals surface area (Å²) in [5, 5.41) is 5.27. The zero-order valence-electron chi connectivity index (χ0n) is 15.7. The lowest BCUT2D eigenvalue weighted by Gasteiger charge is -2.20. The number of fused-ring (bicyclic) bond motifs is 2. The number of benzene rings is 3. The number of anilines is 1. The SMILES string of the molecule is CC[C@H](Oc1ccc2c(c1)CCCC2)C(=O)Nc1ccc2ccccc2c1. The molecule has 0 fully saturated rings.